The zero-order valence-electron chi connectivity index (χ0n) is 18.0. The van der Waals surface area contributed by atoms with Gasteiger partial charge >= 0.3 is 0 Å². The second-order valence-corrected chi connectivity index (χ2v) is 7.73. The molecule has 1 aromatic rings. The molecule has 7 nitrogen and oxygen atoms in total. The molecule has 0 aliphatic heterocycles. The molecule has 1 saturated carbocycles. The summed E-state index contributed by atoms with van der Waals surface area (Å²) in [5.74, 6) is 2.73. The predicted molar refractivity (Wildman–Crippen MR) is 112 cm³/mol. The highest BCUT2D eigenvalue weighted by Crippen LogP contribution is 2.17. The number of nitrogens with one attached hydrogen (secondary N) is 2. The number of nitrogens with zero attached hydrogens (tertiary/aromatic N) is 5. The molecule has 2 N–H and O–H groups in total. The van der Waals surface area contributed by atoms with Crippen LogP contribution in [0.25, 0.3) is 0 Å². The molecule has 2 rings (SSSR count). The minimum atomic E-state index is 0.398. The molecular weight excluding hydrogens is 338 g/mol. The summed E-state index contributed by atoms with van der Waals surface area (Å²) in [7, 11) is 1.99. The van der Waals surface area contributed by atoms with Crippen LogP contribution in [0.15, 0.2) is 4.99 Å². The van der Waals surface area contributed by atoms with Crippen molar-refractivity contribution in [2.75, 3.05) is 19.6 Å². The van der Waals surface area contributed by atoms with E-state index in [2.05, 4.69) is 46.5 Å². The first-order chi connectivity index (χ1) is 13.0. The van der Waals surface area contributed by atoms with Gasteiger partial charge in [0, 0.05) is 19.1 Å². The zero-order valence-corrected chi connectivity index (χ0v) is 18.0. The van der Waals surface area contributed by atoms with Crippen LogP contribution in [0.3, 0.4) is 0 Å². The summed E-state index contributed by atoms with van der Waals surface area (Å²) < 4.78 is 2.00. The Hall–Kier alpha value is -1.63. The van der Waals surface area contributed by atoms with Gasteiger partial charge in [0.15, 0.2) is 11.8 Å². The molecule has 1 fully saturated rings. The van der Waals surface area contributed by atoms with Gasteiger partial charge in [-0.05, 0) is 59.2 Å². The largest absolute Gasteiger partial charge is 0.354 e. The summed E-state index contributed by atoms with van der Waals surface area (Å²) in [4.78, 5) is 7.29. The highest BCUT2D eigenvalue weighted by molar-refractivity contribution is 5.80. The fraction of sp³-hybridized carbons (Fsp3) is 0.850. The standard InChI is InChI=1S/C20H39N7/c1-6-27(7-2)14-10-11-16(3)22-20(23-18-12-8-9-13-18)21-15-19-25-24-17(4)26(19)5/h16,18H,6-15H2,1-5H3,(H2,21,22,23). The van der Waals surface area contributed by atoms with Gasteiger partial charge in [0.2, 0.25) is 0 Å². The Morgan fingerprint density at radius 2 is 1.96 bits per heavy atom. The number of hydrogen-bond acceptors (Lipinski definition) is 4. The van der Waals surface area contributed by atoms with Crippen LogP contribution in [-0.4, -0.2) is 57.3 Å². The molecule has 1 aromatic heterocycles. The van der Waals surface area contributed by atoms with Gasteiger partial charge in [-0.25, -0.2) is 4.99 Å². The molecule has 0 bridgehead atoms. The van der Waals surface area contributed by atoms with Crippen molar-refractivity contribution in [1.29, 1.82) is 0 Å². The van der Waals surface area contributed by atoms with Crippen LogP contribution in [0.5, 0.6) is 0 Å². The van der Waals surface area contributed by atoms with E-state index in [0.717, 1.165) is 37.1 Å². The van der Waals surface area contributed by atoms with Crippen molar-refractivity contribution in [3.05, 3.63) is 11.6 Å². The van der Waals surface area contributed by atoms with Gasteiger partial charge in [-0.1, -0.05) is 26.7 Å². The molecular formula is C20H39N7. The van der Waals surface area contributed by atoms with Gasteiger partial charge in [0.05, 0.1) is 0 Å². The van der Waals surface area contributed by atoms with Crippen molar-refractivity contribution < 1.29 is 0 Å². The van der Waals surface area contributed by atoms with Crippen molar-refractivity contribution in [1.82, 2.24) is 30.3 Å². The summed E-state index contributed by atoms with van der Waals surface area (Å²) in [6.07, 6.45) is 7.44. The first-order valence-corrected chi connectivity index (χ1v) is 10.7. The molecule has 0 amide bonds. The number of rotatable bonds is 10. The van der Waals surface area contributed by atoms with E-state index in [1.165, 1.54) is 38.6 Å². The molecule has 1 unspecified atom stereocenters. The maximum Gasteiger partial charge on any atom is 0.192 e. The molecule has 0 spiro atoms. The lowest BCUT2D eigenvalue weighted by atomic mass is 10.1. The molecule has 0 aromatic carbocycles. The number of aliphatic imine (C=N–C) groups is 1. The second kappa shape index (κ2) is 11.3. The Morgan fingerprint density at radius 1 is 1.26 bits per heavy atom. The monoisotopic (exact) mass is 377 g/mol. The summed E-state index contributed by atoms with van der Waals surface area (Å²) in [5.41, 5.74) is 0. The maximum atomic E-state index is 4.81. The number of guanidine groups is 1. The third kappa shape index (κ3) is 7.13. The van der Waals surface area contributed by atoms with Crippen molar-refractivity contribution in [2.24, 2.45) is 12.0 Å². The summed E-state index contributed by atoms with van der Waals surface area (Å²) in [6, 6.07) is 0.940. The van der Waals surface area contributed by atoms with E-state index >= 15 is 0 Å². The first-order valence-electron chi connectivity index (χ1n) is 10.7. The van der Waals surface area contributed by atoms with E-state index in [1.807, 2.05) is 18.5 Å². The average Bonchev–Trinajstić information content (AvgIpc) is 3.28. The van der Waals surface area contributed by atoms with Crippen molar-refractivity contribution in [2.45, 2.75) is 84.8 Å². The van der Waals surface area contributed by atoms with E-state index in [9.17, 15) is 0 Å². The van der Waals surface area contributed by atoms with Crippen molar-refractivity contribution in [3.63, 3.8) is 0 Å². The lowest BCUT2D eigenvalue weighted by Crippen LogP contribution is -2.46. The van der Waals surface area contributed by atoms with Gasteiger partial charge in [-0.3, -0.25) is 0 Å². The highest BCUT2D eigenvalue weighted by Gasteiger charge is 2.17. The quantitative estimate of drug-likeness (QED) is 0.484. The third-order valence-corrected chi connectivity index (χ3v) is 5.65. The molecule has 1 atom stereocenters. The average molecular weight is 378 g/mol. The fourth-order valence-electron chi connectivity index (χ4n) is 3.60. The smallest absolute Gasteiger partial charge is 0.192 e. The van der Waals surface area contributed by atoms with Crippen LogP contribution in [0.1, 0.15) is 70.9 Å². The molecule has 1 heterocycles. The molecule has 0 saturated heterocycles. The van der Waals surface area contributed by atoms with Crippen LogP contribution in [0.2, 0.25) is 0 Å². The Kier molecular flexibility index (Phi) is 9.04. The van der Waals surface area contributed by atoms with Gasteiger partial charge in [0.1, 0.15) is 12.4 Å². The van der Waals surface area contributed by atoms with Crippen LogP contribution in [0.4, 0.5) is 0 Å². The Labute approximate surface area is 165 Å². The molecule has 27 heavy (non-hydrogen) atoms. The number of hydrogen-bond donors (Lipinski definition) is 2. The lowest BCUT2D eigenvalue weighted by molar-refractivity contribution is 0.292. The SMILES string of the molecule is CCN(CC)CCCC(C)NC(=NCc1nnc(C)n1C)NC1CCCC1. The van der Waals surface area contributed by atoms with Crippen molar-refractivity contribution >= 4 is 5.96 Å². The second-order valence-electron chi connectivity index (χ2n) is 7.73. The minimum absolute atomic E-state index is 0.398. The van der Waals surface area contributed by atoms with Crippen LogP contribution < -0.4 is 10.6 Å². The molecule has 1 aliphatic rings. The van der Waals surface area contributed by atoms with Gasteiger partial charge < -0.3 is 20.1 Å². The Balaban J connectivity index is 1.90. The highest BCUT2D eigenvalue weighted by atomic mass is 15.3. The summed E-state index contributed by atoms with van der Waals surface area (Å²) in [6.45, 7) is 12.7. The third-order valence-electron chi connectivity index (χ3n) is 5.65. The van der Waals surface area contributed by atoms with Crippen LogP contribution in [-0.2, 0) is 13.6 Å². The van der Waals surface area contributed by atoms with Crippen LogP contribution >= 0.6 is 0 Å². The Bertz CT molecular complexity index is 571. The summed E-state index contributed by atoms with van der Waals surface area (Å²) >= 11 is 0. The van der Waals surface area contributed by atoms with Gasteiger partial charge in [-0.2, -0.15) is 0 Å². The lowest BCUT2D eigenvalue weighted by Gasteiger charge is -2.23. The van der Waals surface area contributed by atoms with E-state index in [1.54, 1.807) is 0 Å². The molecule has 1 aliphatic carbocycles. The van der Waals surface area contributed by atoms with Gasteiger partial charge in [-0.15, -0.1) is 10.2 Å². The maximum absolute atomic E-state index is 4.81. The molecule has 154 valence electrons. The van der Waals surface area contributed by atoms with E-state index in [-0.39, 0.29) is 0 Å². The first kappa shape index (κ1) is 21.7. The normalized spacial score (nSPS) is 16.9. The van der Waals surface area contributed by atoms with Crippen LogP contribution in [0, 0.1) is 6.92 Å². The van der Waals surface area contributed by atoms with E-state index < -0.39 is 0 Å². The molecule has 7 heteroatoms. The van der Waals surface area contributed by atoms with E-state index in [4.69, 9.17) is 4.99 Å². The summed E-state index contributed by atoms with van der Waals surface area (Å²) in [5, 5.41) is 15.6. The zero-order chi connectivity index (χ0) is 19.6. The topological polar surface area (TPSA) is 70.4 Å². The number of aryl methyl sites for hydroxylation is 1. The number of aromatic nitrogens is 3. The van der Waals surface area contributed by atoms with E-state index in [0.29, 0.717) is 18.6 Å². The predicted octanol–water partition coefficient (Wildman–Crippen LogP) is 2.61. The van der Waals surface area contributed by atoms with Crippen molar-refractivity contribution in [3.8, 4) is 0 Å². The molecule has 0 radical (unpaired) electrons. The minimum Gasteiger partial charge on any atom is -0.354 e. The van der Waals surface area contributed by atoms with Gasteiger partial charge in [0.25, 0.3) is 0 Å². The fourth-order valence-corrected chi connectivity index (χ4v) is 3.60. The Morgan fingerprint density at radius 3 is 2.56 bits per heavy atom.